The summed E-state index contributed by atoms with van der Waals surface area (Å²) in [5, 5.41) is 0. The highest BCUT2D eigenvalue weighted by atomic mass is 32.2. The van der Waals surface area contributed by atoms with Crippen LogP contribution in [0.25, 0.3) is 0 Å². The van der Waals surface area contributed by atoms with Crippen LogP contribution in [0.4, 0.5) is 5.82 Å². The fourth-order valence-electron chi connectivity index (χ4n) is 1.86. The van der Waals surface area contributed by atoms with Gasteiger partial charge in [0.1, 0.15) is 5.82 Å². The van der Waals surface area contributed by atoms with Crippen LogP contribution in [-0.4, -0.2) is 13.4 Å². The number of aryl methyl sites for hydroxylation is 1. The summed E-state index contributed by atoms with van der Waals surface area (Å²) in [7, 11) is -3.48. The van der Waals surface area contributed by atoms with Gasteiger partial charge in [0, 0.05) is 12.2 Å². The van der Waals surface area contributed by atoms with Crippen LogP contribution in [-0.2, 0) is 22.3 Å². The van der Waals surface area contributed by atoms with Gasteiger partial charge in [-0.25, -0.2) is 13.4 Å². The fraction of sp³-hybridized carbons (Fsp3) is 0.214. The predicted octanol–water partition coefficient (Wildman–Crippen LogP) is 1.79. The van der Waals surface area contributed by atoms with Gasteiger partial charge in [-0.1, -0.05) is 30.3 Å². The van der Waals surface area contributed by atoms with E-state index in [4.69, 9.17) is 5.73 Å². The molecule has 0 radical (unpaired) electrons. The van der Waals surface area contributed by atoms with Crippen LogP contribution in [0.15, 0.2) is 42.5 Å². The third-order valence-corrected chi connectivity index (χ3v) is 3.97. The summed E-state index contributed by atoms with van der Waals surface area (Å²) in [5.74, 6) is 0.233. The second kappa shape index (κ2) is 6.02. The van der Waals surface area contributed by atoms with Crippen LogP contribution in [0.5, 0.6) is 0 Å². The van der Waals surface area contributed by atoms with Gasteiger partial charge < -0.3 is 5.73 Å². The molecule has 1 heterocycles. The predicted molar refractivity (Wildman–Crippen MR) is 79.6 cm³/mol. The highest BCUT2D eigenvalue weighted by molar-refractivity contribution is 7.91. The molecule has 20 heavy (non-hydrogen) atoms. The van der Waals surface area contributed by atoms with E-state index in [9.17, 15) is 8.42 Å². The zero-order valence-electron chi connectivity index (χ0n) is 11.2. The number of nitrogens with zero attached hydrogens (tertiary/aromatic N) is 1. The van der Waals surface area contributed by atoms with Gasteiger partial charge in [-0.3, -0.25) is 4.72 Å². The molecule has 0 fully saturated rings. The summed E-state index contributed by atoms with van der Waals surface area (Å²) in [6, 6.07) is 12.4. The van der Waals surface area contributed by atoms with E-state index < -0.39 is 10.0 Å². The number of nitrogens with one attached hydrogen (secondary N) is 1. The molecule has 0 amide bonds. The monoisotopic (exact) mass is 291 g/mol. The topological polar surface area (TPSA) is 85.1 Å². The largest absolute Gasteiger partial charge is 0.326 e. The van der Waals surface area contributed by atoms with Crippen LogP contribution < -0.4 is 10.5 Å². The van der Waals surface area contributed by atoms with Crippen molar-refractivity contribution >= 4 is 15.8 Å². The second-order valence-electron chi connectivity index (χ2n) is 4.55. The lowest BCUT2D eigenvalue weighted by Crippen LogP contribution is -2.16. The lowest BCUT2D eigenvalue weighted by molar-refractivity contribution is 0.600. The Kier molecular flexibility index (Phi) is 4.36. The number of anilines is 1. The number of aromatic nitrogens is 1. The van der Waals surface area contributed by atoms with Gasteiger partial charge in [-0.15, -0.1) is 0 Å². The molecule has 0 saturated heterocycles. The fourth-order valence-corrected chi connectivity index (χ4v) is 2.98. The van der Waals surface area contributed by atoms with Gasteiger partial charge >= 0.3 is 0 Å². The number of nitrogens with two attached hydrogens (primary N) is 1. The van der Waals surface area contributed by atoms with E-state index in [0.29, 0.717) is 17.9 Å². The number of pyridine rings is 1. The van der Waals surface area contributed by atoms with Crippen molar-refractivity contribution in [3.63, 3.8) is 0 Å². The molecule has 1 aromatic carbocycles. The van der Waals surface area contributed by atoms with Gasteiger partial charge in [0.2, 0.25) is 10.0 Å². The van der Waals surface area contributed by atoms with Crippen molar-refractivity contribution in [3.8, 4) is 0 Å². The standard InChI is InChI=1S/C14H17N3O2S/c1-11-4-2-7-14(16-11)17-20(18,19)10-13-6-3-5-12(8-13)9-15/h2-8H,9-10,15H2,1H3,(H,16,17). The normalized spacial score (nSPS) is 11.3. The minimum Gasteiger partial charge on any atom is -0.326 e. The van der Waals surface area contributed by atoms with E-state index in [1.807, 2.05) is 19.1 Å². The van der Waals surface area contributed by atoms with E-state index in [-0.39, 0.29) is 5.75 Å². The SMILES string of the molecule is Cc1cccc(NS(=O)(=O)Cc2cccc(CN)c2)n1. The first-order valence-electron chi connectivity index (χ1n) is 6.20. The highest BCUT2D eigenvalue weighted by Gasteiger charge is 2.12. The molecule has 1 aromatic heterocycles. The summed E-state index contributed by atoms with van der Waals surface area (Å²) < 4.78 is 26.7. The van der Waals surface area contributed by atoms with E-state index in [1.165, 1.54) is 0 Å². The Bertz CT molecular complexity index is 699. The van der Waals surface area contributed by atoms with E-state index in [0.717, 1.165) is 11.3 Å². The summed E-state index contributed by atoms with van der Waals surface area (Å²) in [5.41, 5.74) is 7.92. The summed E-state index contributed by atoms with van der Waals surface area (Å²) >= 11 is 0. The molecule has 5 nitrogen and oxygen atoms in total. The number of hydrogen-bond acceptors (Lipinski definition) is 4. The third kappa shape index (κ3) is 4.04. The minimum atomic E-state index is -3.48. The number of sulfonamides is 1. The Morgan fingerprint density at radius 2 is 1.85 bits per heavy atom. The first-order valence-corrected chi connectivity index (χ1v) is 7.86. The molecule has 2 rings (SSSR count). The molecule has 0 atom stereocenters. The Hall–Kier alpha value is -1.92. The first-order chi connectivity index (χ1) is 9.48. The van der Waals surface area contributed by atoms with Gasteiger partial charge in [0.15, 0.2) is 0 Å². The molecule has 3 N–H and O–H groups in total. The molecule has 0 aliphatic rings. The quantitative estimate of drug-likeness (QED) is 0.879. The van der Waals surface area contributed by atoms with E-state index in [1.54, 1.807) is 30.3 Å². The number of hydrogen-bond donors (Lipinski definition) is 2. The maximum Gasteiger partial charge on any atom is 0.238 e. The molecule has 0 spiro atoms. The lowest BCUT2D eigenvalue weighted by atomic mass is 10.1. The van der Waals surface area contributed by atoms with Crippen LogP contribution >= 0.6 is 0 Å². The average Bonchev–Trinajstić information content (AvgIpc) is 2.37. The van der Waals surface area contributed by atoms with E-state index >= 15 is 0 Å². The molecule has 2 aromatic rings. The third-order valence-electron chi connectivity index (χ3n) is 2.73. The Balaban J connectivity index is 2.14. The maximum absolute atomic E-state index is 12.1. The van der Waals surface area contributed by atoms with Crippen molar-refractivity contribution in [3.05, 3.63) is 59.3 Å². The van der Waals surface area contributed by atoms with Crippen molar-refractivity contribution in [2.75, 3.05) is 4.72 Å². The molecule has 106 valence electrons. The van der Waals surface area contributed by atoms with Gasteiger partial charge in [-0.2, -0.15) is 0 Å². The molecule has 6 heteroatoms. The zero-order valence-corrected chi connectivity index (χ0v) is 12.0. The Morgan fingerprint density at radius 3 is 2.55 bits per heavy atom. The Morgan fingerprint density at radius 1 is 1.15 bits per heavy atom. The van der Waals surface area contributed by atoms with Crippen LogP contribution in [0.3, 0.4) is 0 Å². The van der Waals surface area contributed by atoms with E-state index in [2.05, 4.69) is 9.71 Å². The highest BCUT2D eigenvalue weighted by Crippen LogP contribution is 2.12. The summed E-state index contributed by atoms with van der Waals surface area (Å²) in [6.45, 7) is 2.20. The van der Waals surface area contributed by atoms with Gasteiger partial charge in [0.25, 0.3) is 0 Å². The molecule has 0 aliphatic carbocycles. The van der Waals surface area contributed by atoms with Crippen LogP contribution in [0.2, 0.25) is 0 Å². The molecule has 0 aliphatic heterocycles. The Labute approximate surface area is 118 Å². The van der Waals surface area contributed by atoms with Crippen LogP contribution in [0.1, 0.15) is 16.8 Å². The number of rotatable bonds is 5. The molecular weight excluding hydrogens is 274 g/mol. The molecule has 0 bridgehead atoms. The van der Waals surface area contributed by atoms with Crippen molar-refractivity contribution in [2.24, 2.45) is 5.73 Å². The van der Waals surface area contributed by atoms with Crippen molar-refractivity contribution in [1.82, 2.24) is 4.98 Å². The molecular formula is C14H17N3O2S. The first kappa shape index (κ1) is 14.5. The summed E-state index contributed by atoms with van der Waals surface area (Å²) in [4.78, 5) is 4.12. The van der Waals surface area contributed by atoms with Gasteiger partial charge in [-0.05, 0) is 30.2 Å². The van der Waals surface area contributed by atoms with Crippen molar-refractivity contribution < 1.29 is 8.42 Å². The molecule has 0 saturated carbocycles. The van der Waals surface area contributed by atoms with Crippen LogP contribution in [0, 0.1) is 6.92 Å². The summed E-state index contributed by atoms with van der Waals surface area (Å²) in [6.07, 6.45) is 0. The second-order valence-corrected chi connectivity index (χ2v) is 6.27. The minimum absolute atomic E-state index is 0.101. The molecule has 0 unspecified atom stereocenters. The maximum atomic E-state index is 12.1. The number of benzene rings is 1. The van der Waals surface area contributed by atoms with Crippen molar-refractivity contribution in [1.29, 1.82) is 0 Å². The van der Waals surface area contributed by atoms with Gasteiger partial charge in [0.05, 0.1) is 5.75 Å². The smallest absolute Gasteiger partial charge is 0.238 e. The van der Waals surface area contributed by atoms with Crippen molar-refractivity contribution in [2.45, 2.75) is 19.2 Å². The lowest BCUT2D eigenvalue weighted by Gasteiger charge is -2.08. The average molecular weight is 291 g/mol. The zero-order chi connectivity index (χ0) is 14.6.